The summed E-state index contributed by atoms with van der Waals surface area (Å²) in [5.74, 6) is 2.73. The maximum absolute atomic E-state index is 5.28. The second-order valence-corrected chi connectivity index (χ2v) is 4.02. The Hall–Kier alpha value is -0.480. The maximum atomic E-state index is 5.28. The minimum atomic E-state index is 0.731. The highest BCUT2D eigenvalue weighted by Gasteiger charge is 2.44. The molecule has 60 valence electrons. The van der Waals surface area contributed by atoms with E-state index in [0.29, 0.717) is 0 Å². The van der Waals surface area contributed by atoms with Crippen molar-refractivity contribution in [2.24, 2.45) is 5.41 Å². The van der Waals surface area contributed by atoms with Crippen LogP contribution in [0.4, 0.5) is 0 Å². The van der Waals surface area contributed by atoms with Crippen molar-refractivity contribution in [3.63, 3.8) is 0 Å². The second-order valence-electron chi connectivity index (χ2n) is 4.02. The molecule has 0 N–H and O–H groups in total. The van der Waals surface area contributed by atoms with Gasteiger partial charge in [-0.25, -0.2) is 0 Å². The monoisotopic (exact) mass is 149 g/mol. The van der Waals surface area contributed by atoms with Crippen LogP contribution < -0.4 is 0 Å². The summed E-state index contributed by atoms with van der Waals surface area (Å²) in [6, 6.07) is 0. The minimum absolute atomic E-state index is 0.731. The van der Waals surface area contributed by atoms with Crippen molar-refractivity contribution in [2.45, 2.75) is 25.7 Å². The third kappa shape index (κ3) is 1.41. The lowest BCUT2D eigenvalue weighted by molar-refractivity contribution is 0.179. The van der Waals surface area contributed by atoms with E-state index in [0.717, 1.165) is 12.0 Å². The largest absolute Gasteiger partial charge is 0.292 e. The molecule has 2 aliphatic rings. The van der Waals surface area contributed by atoms with Gasteiger partial charge in [-0.05, 0) is 37.6 Å². The zero-order valence-corrected chi connectivity index (χ0v) is 6.97. The van der Waals surface area contributed by atoms with Crippen molar-refractivity contribution in [1.82, 2.24) is 4.90 Å². The third-order valence-electron chi connectivity index (χ3n) is 3.01. The van der Waals surface area contributed by atoms with Crippen molar-refractivity contribution in [3.8, 4) is 12.3 Å². The van der Waals surface area contributed by atoms with Crippen LogP contribution in [0.5, 0.6) is 0 Å². The Balaban J connectivity index is 1.89. The summed E-state index contributed by atoms with van der Waals surface area (Å²) in [6.45, 7) is 3.37. The van der Waals surface area contributed by atoms with Crippen LogP contribution in [-0.4, -0.2) is 24.5 Å². The summed E-state index contributed by atoms with van der Waals surface area (Å²) in [4.78, 5) is 2.43. The quantitative estimate of drug-likeness (QED) is 0.511. The molecular formula is C10H15N. The highest BCUT2D eigenvalue weighted by molar-refractivity contribution is 5.00. The topological polar surface area (TPSA) is 3.24 Å². The van der Waals surface area contributed by atoms with Gasteiger partial charge in [-0.1, -0.05) is 5.92 Å². The number of hydrogen-bond acceptors (Lipinski definition) is 1. The highest BCUT2D eigenvalue weighted by Crippen LogP contribution is 2.51. The fourth-order valence-corrected chi connectivity index (χ4v) is 2.16. The van der Waals surface area contributed by atoms with Crippen LogP contribution in [-0.2, 0) is 0 Å². The van der Waals surface area contributed by atoms with Gasteiger partial charge >= 0.3 is 0 Å². The lowest BCUT2D eigenvalue weighted by Gasteiger charge is -2.31. The van der Waals surface area contributed by atoms with Gasteiger partial charge in [0.15, 0.2) is 0 Å². The predicted octanol–water partition coefficient (Wildman–Crippen LogP) is 1.50. The van der Waals surface area contributed by atoms with Crippen LogP contribution in [0.2, 0.25) is 0 Å². The van der Waals surface area contributed by atoms with Gasteiger partial charge in [0.25, 0.3) is 0 Å². The van der Waals surface area contributed by atoms with E-state index in [1.54, 1.807) is 0 Å². The number of piperidine rings is 1. The van der Waals surface area contributed by atoms with Crippen LogP contribution >= 0.6 is 0 Å². The van der Waals surface area contributed by atoms with E-state index < -0.39 is 0 Å². The molecule has 1 aliphatic carbocycles. The van der Waals surface area contributed by atoms with Crippen molar-refractivity contribution in [1.29, 1.82) is 0 Å². The normalized spacial score (nSPS) is 28.3. The molecule has 0 bridgehead atoms. The molecule has 1 saturated carbocycles. The van der Waals surface area contributed by atoms with Crippen molar-refractivity contribution in [3.05, 3.63) is 0 Å². The van der Waals surface area contributed by atoms with Crippen LogP contribution in [0.25, 0.3) is 0 Å². The average molecular weight is 149 g/mol. The second kappa shape index (κ2) is 2.53. The first kappa shape index (κ1) is 7.18. The van der Waals surface area contributed by atoms with E-state index in [1.807, 2.05) is 0 Å². The number of likely N-dealkylation sites (tertiary alicyclic amines) is 1. The van der Waals surface area contributed by atoms with Gasteiger partial charge in [0.2, 0.25) is 0 Å². The van der Waals surface area contributed by atoms with Crippen LogP contribution in [0.15, 0.2) is 0 Å². The van der Waals surface area contributed by atoms with Crippen molar-refractivity contribution >= 4 is 0 Å². The first-order valence-corrected chi connectivity index (χ1v) is 4.51. The molecule has 0 aromatic heterocycles. The first-order chi connectivity index (χ1) is 5.35. The van der Waals surface area contributed by atoms with Gasteiger partial charge < -0.3 is 0 Å². The molecule has 1 nitrogen and oxygen atoms in total. The van der Waals surface area contributed by atoms with Crippen molar-refractivity contribution in [2.75, 3.05) is 19.6 Å². The van der Waals surface area contributed by atoms with E-state index >= 15 is 0 Å². The van der Waals surface area contributed by atoms with Gasteiger partial charge in [-0.15, -0.1) is 6.42 Å². The zero-order valence-electron chi connectivity index (χ0n) is 6.97. The standard InChI is InChI=1S/C10H15N/c1-2-7-11-8-3-4-10(9-11)5-6-10/h1H,3-9H2. The molecule has 1 saturated heterocycles. The lowest BCUT2D eigenvalue weighted by Crippen LogP contribution is -2.36. The molecule has 11 heavy (non-hydrogen) atoms. The Labute approximate surface area is 68.8 Å². The molecule has 0 aromatic carbocycles. The summed E-state index contributed by atoms with van der Waals surface area (Å²) >= 11 is 0. The summed E-state index contributed by atoms with van der Waals surface area (Å²) in [5.41, 5.74) is 0.731. The van der Waals surface area contributed by atoms with Gasteiger partial charge in [-0.2, -0.15) is 0 Å². The predicted molar refractivity (Wildman–Crippen MR) is 46.2 cm³/mol. The van der Waals surface area contributed by atoms with E-state index in [2.05, 4.69) is 10.8 Å². The smallest absolute Gasteiger partial charge is 0.0599 e. The number of hydrogen-bond donors (Lipinski definition) is 0. The molecule has 1 spiro atoms. The number of nitrogens with zero attached hydrogens (tertiary/aromatic N) is 1. The average Bonchev–Trinajstić information content (AvgIpc) is 2.70. The van der Waals surface area contributed by atoms with Gasteiger partial charge in [0.1, 0.15) is 0 Å². The van der Waals surface area contributed by atoms with Crippen LogP contribution in [0.1, 0.15) is 25.7 Å². The molecule has 2 fully saturated rings. The fraction of sp³-hybridized carbons (Fsp3) is 0.800. The molecule has 0 unspecified atom stereocenters. The first-order valence-electron chi connectivity index (χ1n) is 4.51. The molecule has 1 aliphatic heterocycles. The van der Waals surface area contributed by atoms with Crippen LogP contribution in [0.3, 0.4) is 0 Å². The Morgan fingerprint density at radius 2 is 2.18 bits per heavy atom. The Bertz CT molecular complexity index is 186. The molecule has 0 radical (unpaired) electrons. The van der Waals surface area contributed by atoms with Crippen molar-refractivity contribution < 1.29 is 0 Å². The minimum Gasteiger partial charge on any atom is -0.292 e. The molecule has 0 atom stereocenters. The fourth-order valence-electron chi connectivity index (χ4n) is 2.16. The van der Waals surface area contributed by atoms with Crippen LogP contribution in [0, 0.1) is 17.8 Å². The third-order valence-corrected chi connectivity index (χ3v) is 3.01. The molecule has 0 aromatic rings. The Kier molecular flexibility index (Phi) is 1.65. The molecule has 0 amide bonds. The van der Waals surface area contributed by atoms with Gasteiger partial charge in [-0.3, -0.25) is 4.90 Å². The molecule has 1 heterocycles. The highest BCUT2D eigenvalue weighted by atomic mass is 15.1. The number of rotatable bonds is 1. The summed E-state index contributed by atoms with van der Waals surface area (Å²) in [7, 11) is 0. The van der Waals surface area contributed by atoms with E-state index in [-0.39, 0.29) is 0 Å². The van der Waals surface area contributed by atoms with E-state index in [9.17, 15) is 0 Å². The molecular weight excluding hydrogens is 134 g/mol. The van der Waals surface area contributed by atoms with Gasteiger partial charge in [0.05, 0.1) is 6.54 Å². The lowest BCUT2D eigenvalue weighted by atomic mass is 9.95. The molecule has 2 rings (SSSR count). The Morgan fingerprint density at radius 1 is 1.36 bits per heavy atom. The maximum Gasteiger partial charge on any atom is 0.0599 e. The summed E-state index contributed by atoms with van der Waals surface area (Å²) < 4.78 is 0. The Morgan fingerprint density at radius 3 is 2.82 bits per heavy atom. The zero-order chi connectivity index (χ0) is 7.73. The summed E-state index contributed by atoms with van der Waals surface area (Å²) in [5, 5.41) is 0. The van der Waals surface area contributed by atoms with Gasteiger partial charge in [0, 0.05) is 6.54 Å². The van der Waals surface area contributed by atoms with E-state index in [4.69, 9.17) is 6.42 Å². The van der Waals surface area contributed by atoms with E-state index in [1.165, 1.54) is 38.8 Å². The number of terminal acetylenes is 1. The summed E-state index contributed by atoms with van der Waals surface area (Å²) in [6.07, 6.45) is 11.0. The SMILES string of the molecule is C#CCN1CCCC2(CC2)C1. The molecule has 1 heteroatoms.